The first-order valence-electron chi connectivity index (χ1n) is 6.57. The first kappa shape index (κ1) is 13.8. The van der Waals surface area contributed by atoms with Crippen LogP contribution in [0, 0.1) is 13.8 Å². The van der Waals surface area contributed by atoms with E-state index in [2.05, 4.69) is 24.2 Å². The molecular weight excluding hydrogens is 238 g/mol. The van der Waals surface area contributed by atoms with E-state index < -0.39 is 0 Å². The Morgan fingerprint density at radius 1 is 1.21 bits per heavy atom. The maximum atomic E-state index is 5.70. The van der Waals surface area contributed by atoms with Crippen LogP contribution in [0.3, 0.4) is 0 Å². The number of aromatic nitrogens is 2. The van der Waals surface area contributed by atoms with Gasteiger partial charge in [0.2, 0.25) is 0 Å². The number of nitrogens with two attached hydrogens (primary N) is 1. The van der Waals surface area contributed by atoms with Crippen molar-refractivity contribution >= 4 is 0 Å². The van der Waals surface area contributed by atoms with Crippen LogP contribution in [0.5, 0.6) is 0 Å². The van der Waals surface area contributed by atoms with Crippen molar-refractivity contribution < 1.29 is 4.74 Å². The number of hydrogen-bond donors (Lipinski definition) is 1. The smallest absolute Gasteiger partial charge is 0.140 e. The fraction of sp³-hybridized carbons (Fsp3) is 0.400. The Labute approximate surface area is 114 Å². The van der Waals surface area contributed by atoms with E-state index in [1.165, 1.54) is 11.1 Å². The van der Waals surface area contributed by atoms with Crippen molar-refractivity contribution in [2.24, 2.45) is 5.73 Å². The summed E-state index contributed by atoms with van der Waals surface area (Å²) >= 11 is 0. The van der Waals surface area contributed by atoms with Crippen molar-refractivity contribution in [3.8, 4) is 0 Å². The molecule has 4 heteroatoms. The molecule has 1 heterocycles. The normalized spacial score (nSPS) is 10.9. The Kier molecular flexibility index (Phi) is 4.71. The van der Waals surface area contributed by atoms with Crippen molar-refractivity contribution in [2.75, 3.05) is 6.54 Å². The molecule has 0 spiro atoms. The zero-order valence-electron chi connectivity index (χ0n) is 11.6. The molecule has 4 nitrogen and oxygen atoms in total. The minimum atomic E-state index is 0.478. The van der Waals surface area contributed by atoms with Crippen LogP contribution in [0.2, 0.25) is 0 Å². The third-order valence-corrected chi connectivity index (χ3v) is 3.25. The molecular formula is C15H21N3O. The largest absolute Gasteiger partial charge is 0.355 e. The molecule has 0 aliphatic rings. The monoisotopic (exact) mass is 259 g/mol. The van der Waals surface area contributed by atoms with Gasteiger partial charge in [0.05, 0.1) is 12.3 Å². The number of ether oxygens (including phenoxy) is 1. The lowest BCUT2D eigenvalue weighted by Crippen LogP contribution is -2.08. The third kappa shape index (κ3) is 3.43. The van der Waals surface area contributed by atoms with Crippen LogP contribution in [0.4, 0.5) is 0 Å². The molecule has 2 rings (SSSR count). The van der Waals surface area contributed by atoms with E-state index in [1.807, 2.05) is 29.8 Å². The SMILES string of the molecule is Cc1nn(COCc2ccccc2)c(C)c1CCN. The minimum Gasteiger partial charge on any atom is -0.355 e. The summed E-state index contributed by atoms with van der Waals surface area (Å²) in [5.41, 5.74) is 10.2. The summed E-state index contributed by atoms with van der Waals surface area (Å²) in [6, 6.07) is 10.1. The number of nitrogens with zero attached hydrogens (tertiary/aromatic N) is 2. The van der Waals surface area contributed by atoms with Gasteiger partial charge < -0.3 is 10.5 Å². The second kappa shape index (κ2) is 6.50. The summed E-state index contributed by atoms with van der Waals surface area (Å²) in [4.78, 5) is 0. The Hall–Kier alpha value is -1.65. The standard InChI is InChI=1S/C15H21N3O/c1-12-15(8-9-16)13(2)18(17-12)11-19-10-14-6-4-3-5-7-14/h3-7H,8-11,16H2,1-2H3. The lowest BCUT2D eigenvalue weighted by Gasteiger charge is -2.07. The molecule has 1 aromatic heterocycles. The molecule has 0 aliphatic heterocycles. The number of rotatable bonds is 6. The summed E-state index contributed by atoms with van der Waals surface area (Å²) in [5.74, 6) is 0. The van der Waals surface area contributed by atoms with Gasteiger partial charge in [-0.05, 0) is 37.9 Å². The first-order chi connectivity index (χ1) is 9.22. The molecule has 0 aliphatic carbocycles. The van der Waals surface area contributed by atoms with Gasteiger partial charge in [-0.15, -0.1) is 0 Å². The lowest BCUT2D eigenvalue weighted by molar-refractivity contribution is 0.0546. The van der Waals surface area contributed by atoms with Gasteiger partial charge >= 0.3 is 0 Å². The average Bonchev–Trinajstić information content (AvgIpc) is 2.68. The van der Waals surface area contributed by atoms with E-state index in [4.69, 9.17) is 10.5 Å². The van der Waals surface area contributed by atoms with Crippen LogP contribution in [-0.4, -0.2) is 16.3 Å². The topological polar surface area (TPSA) is 53.1 Å². The van der Waals surface area contributed by atoms with Crippen LogP contribution < -0.4 is 5.73 Å². The molecule has 0 bridgehead atoms. The predicted molar refractivity (Wildman–Crippen MR) is 75.7 cm³/mol. The zero-order valence-corrected chi connectivity index (χ0v) is 11.6. The number of benzene rings is 1. The molecule has 0 saturated heterocycles. The highest BCUT2D eigenvalue weighted by Gasteiger charge is 2.10. The van der Waals surface area contributed by atoms with Crippen molar-refractivity contribution in [1.82, 2.24) is 9.78 Å². The number of hydrogen-bond acceptors (Lipinski definition) is 3. The quantitative estimate of drug-likeness (QED) is 0.865. The highest BCUT2D eigenvalue weighted by atomic mass is 16.5. The van der Waals surface area contributed by atoms with Crippen LogP contribution in [0.1, 0.15) is 22.5 Å². The molecule has 102 valence electrons. The Morgan fingerprint density at radius 3 is 2.63 bits per heavy atom. The lowest BCUT2D eigenvalue weighted by atomic mass is 10.1. The highest BCUT2D eigenvalue weighted by molar-refractivity contribution is 5.24. The Bertz CT molecular complexity index is 520. The molecule has 0 fully saturated rings. The summed E-state index contributed by atoms with van der Waals surface area (Å²) in [5, 5.41) is 4.50. The van der Waals surface area contributed by atoms with Crippen LogP contribution in [0.25, 0.3) is 0 Å². The van der Waals surface area contributed by atoms with E-state index in [9.17, 15) is 0 Å². The third-order valence-electron chi connectivity index (χ3n) is 3.25. The van der Waals surface area contributed by atoms with E-state index in [0.717, 1.165) is 17.8 Å². The molecule has 2 aromatic rings. The summed E-state index contributed by atoms with van der Waals surface area (Å²) < 4.78 is 7.61. The molecule has 0 radical (unpaired) electrons. The summed E-state index contributed by atoms with van der Waals surface area (Å²) in [6.45, 7) is 5.82. The fourth-order valence-corrected chi connectivity index (χ4v) is 2.19. The minimum absolute atomic E-state index is 0.478. The van der Waals surface area contributed by atoms with Crippen molar-refractivity contribution in [3.05, 3.63) is 52.8 Å². The highest BCUT2D eigenvalue weighted by Crippen LogP contribution is 2.13. The van der Waals surface area contributed by atoms with Crippen LogP contribution >= 0.6 is 0 Å². The second-order valence-electron chi connectivity index (χ2n) is 4.65. The van der Waals surface area contributed by atoms with Gasteiger partial charge in [0.1, 0.15) is 6.73 Å². The maximum absolute atomic E-state index is 5.70. The van der Waals surface area contributed by atoms with E-state index in [1.54, 1.807) is 0 Å². The molecule has 2 N–H and O–H groups in total. The van der Waals surface area contributed by atoms with E-state index in [0.29, 0.717) is 19.9 Å². The zero-order chi connectivity index (χ0) is 13.7. The van der Waals surface area contributed by atoms with E-state index in [-0.39, 0.29) is 0 Å². The molecule has 0 atom stereocenters. The van der Waals surface area contributed by atoms with E-state index >= 15 is 0 Å². The van der Waals surface area contributed by atoms with Gasteiger partial charge in [0.25, 0.3) is 0 Å². The molecule has 0 unspecified atom stereocenters. The second-order valence-corrected chi connectivity index (χ2v) is 4.65. The van der Waals surface area contributed by atoms with Gasteiger partial charge in [-0.3, -0.25) is 0 Å². The fourth-order valence-electron chi connectivity index (χ4n) is 2.19. The maximum Gasteiger partial charge on any atom is 0.140 e. The van der Waals surface area contributed by atoms with Gasteiger partial charge in [0.15, 0.2) is 0 Å². The van der Waals surface area contributed by atoms with Crippen molar-refractivity contribution in [2.45, 2.75) is 33.6 Å². The molecule has 1 aromatic carbocycles. The van der Waals surface area contributed by atoms with Gasteiger partial charge in [-0.25, -0.2) is 4.68 Å². The molecule has 0 saturated carbocycles. The number of aryl methyl sites for hydroxylation is 1. The van der Waals surface area contributed by atoms with Gasteiger partial charge in [-0.2, -0.15) is 5.10 Å². The van der Waals surface area contributed by atoms with Crippen LogP contribution in [-0.2, 0) is 24.5 Å². The molecule has 0 amide bonds. The summed E-state index contributed by atoms with van der Waals surface area (Å²) in [6.07, 6.45) is 0.871. The van der Waals surface area contributed by atoms with Crippen molar-refractivity contribution in [1.29, 1.82) is 0 Å². The first-order valence-corrected chi connectivity index (χ1v) is 6.57. The molecule has 19 heavy (non-hydrogen) atoms. The van der Waals surface area contributed by atoms with Gasteiger partial charge in [0, 0.05) is 5.69 Å². The summed E-state index contributed by atoms with van der Waals surface area (Å²) in [7, 11) is 0. The van der Waals surface area contributed by atoms with Crippen LogP contribution in [0.15, 0.2) is 30.3 Å². The Balaban J connectivity index is 1.95. The van der Waals surface area contributed by atoms with Gasteiger partial charge in [-0.1, -0.05) is 30.3 Å². The average molecular weight is 259 g/mol. The predicted octanol–water partition coefficient (Wildman–Crippen LogP) is 2.18. The Morgan fingerprint density at radius 2 is 1.95 bits per heavy atom. The van der Waals surface area contributed by atoms with Crippen molar-refractivity contribution in [3.63, 3.8) is 0 Å².